The molecular formula is C30H26N4Na2O8S2. The third kappa shape index (κ3) is 11.5. The van der Waals surface area contributed by atoms with Crippen molar-refractivity contribution in [2.24, 2.45) is 20.5 Å². The Morgan fingerprint density at radius 2 is 0.848 bits per heavy atom. The summed E-state index contributed by atoms with van der Waals surface area (Å²) < 4.78 is 83.0. The fraction of sp³-hybridized carbons (Fsp3) is 0.133. The summed E-state index contributed by atoms with van der Waals surface area (Å²) in [6.45, 7) is 4.72. The Hall–Kier alpha value is -2.76. The van der Waals surface area contributed by atoms with Gasteiger partial charge in [-0.15, -0.1) is 0 Å². The number of ether oxygens (including phenoxy) is 2. The summed E-state index contributed by atoms with van der Waals surface area (Å²) in [6, 6.07) is 21.0. The predicted octanol–water partition coefficient (Wildman–Crippen LogP) is 1.30. The first-order chi connectivity index (χ1) is 21.0. The Labute approximate surface area is 311 Å². The molecule has 0 saturated heterocycles. The van der Waals surface area contributed by atoms with Crippen molar-refractivity contribution in [1.29, 1.82) is 0 Å². The van der Waals surface area contributed by atoms with E-state index in [1.165, 1.54) is 36.4 Å². The molecule has 0 heterocycles. The Morgan fingerprint density at radius 3 is 1.15 bits per heavy atom. The van der Waals surface area contributed by atoms with Crippen molar-refractivity contribution in [1.82, 2.24) is 0 Å². The molecule has 0 aliphatic carbocycles. The van der Waals surface area contributed by atoms with Crippen LogP contribution in [0.1, 0.15) is 25.0 Å². The molecule has 0 radical (unpaired) electrons. The van der Waals surface area contributed by atoms with Crippen LogP contribution in [0.15, 0.2) is 115 Å². The Morgan fingerprint density at radius 1 is 0.543 bits per heavy atom. The molecule has 0 unspecified atom stereocenters. The van der Waals surface area contributed by atoms with Crippen molar-refractivity contribution in [3.63, 3.8) is 0 Å². The van der Waals surface area contributed by atoms with Gasteiger partial charge in [-0.25, -0.2) is 16.8 Å². The average molecular weight is 681 g/mol. The molecule has 4 aromatic rings. The van der Waals surface area contributed by atoms with Crippen molar-refractivity contribution in [2.45, 2.75) is 23.6 Å². The van der Waals surface area contributed by atoms with E-state index >= 15 is 0 Å². The van der Waals surface area contributed by atoms with Crippen LogP contribution in [-0.4, -0.2) is 39.2 Å². The van der Waals surface area contributed by atoms with Crippen LogP contribution >= 0.6 is 0 Å². The number of benzene rings is 4. The zero-order valence-electron chi connectivity index (χ0n) is 25.5. The topological polar surface area (TPSA) is 182 Å². The van der Waals surface area contributed by atoms with Gasteiger partial charge in [0.1, 0.15) is 31.7 Å². The molecule has 228 valence electrons. The number of hydrogen-bond donors (Lipinski definition) is 0. The summed E-state index contributed by atoms with van der Waals surface area (Å²) in [5, 5.41) is 16.1. The summed E-state index contributed by atoms with van der Waals surface area (Å²) in [4.78, 5) is -1.21. The van der Waals surface area contributed by atoms with Crippen LogP contribution in [-0.2, 0) is 20.2 Å². The zero-order valence-corrected chi connectivity index (χ0v) is 31.2. The molecule has 0 aliphatic rings. The van der Waals surface area contributed by atoms with E-state index in [1.807, 2.05) is 13.8 Å². The molecule has 0 amide bonds. The van der Waals surface area contributed by atoms with E-state index in [4.69, 9.17) is 9.47 Å². The summed E-state index contributed by atoms with van der Waals surface area (Å²) in [7, 11) is -9.95. The second-order valence-corrected chi connectivity index (χ2v) is 11.6. The molecule has 0 fully saturated rings. The van der Waals surface area contributed by atoms with Crippen molar-refractivity contribution in [3.8, 4) is 11.5 Å². The van der Waals surface area contributed by atoms with Gasteiger partial charge in [-0.2, -0.15) is 20.5 Å². The minimum absolute atomic E-state index is 0. The summed E-state index contributed by atoms with van der Waals surface area (Å²) in [5.41, 5.74) is 1.03. The molecule has 0 saturated carbocycles. The van der Waals surface area contributed by atoms with Crippen LogP contribution in [0.2, 0.25) is 0 Å². The molecule has 16 heteroatoms. The Kier molecular flexibility index (Phi) is 15.4. The van der Waals surface area contributed by atoms with Gasteiger partial charge in [-0.1, -0.05) is 24.3 Å². The van der Waals surface area contributed by atoms with Crippen molar-refractivity contribution in [2.75, 3.05) is 13.2 Å². The second kappa shape index (κ2) is 18.0. The van der Waals surface area contributed by atoms with Gasteiger partial charge in [0.25, 0.3) is 0 Å². The fourth-order valence-corrected chi connectivity index (χ4v) is 5.22. The largest absolute Gasteiger partial charge is 1.00 e. The minimum Gasteiger partial charge on any atom is -0.744 e. The number of hydrogen-bond acceptors (Lipinski definition) is 12. The van der Waals surface area contributed by atoms with Gasteiger partial charge >= 0.3 is 59.1 Å². The van der Waals surface area contributed by atoms with Crippen LogP contribution in [0, 0.1) is 0 Å². The SMILES string of the molecule is CCOc1ccc(N=Nc2ccc(/C=C\c3ccc(N=Nc4ccc(OCC)cc4)cc3S(=O)(=O)[O-])c(S(=O)(=O)[O-])c2)cc1.[Na+].[Na+]. The zero-order chi connectivity index (χ0) is 31.7. The van der Waals surface area contributed by atoms with E-state index in [9.17, 15) is 25.9 Å². The third-order valence-corrected chi connectivity index (χ3v) is 7.62. The first kappa shape index (κ1) is 39.4. The van der Waals surface area contributed by atoms with E-state index in [0.29, 0.717) is 36.1 Å². The van der Waals surface area contributed by atoms with E-state index < -0.39 is 30.0 Å². The van der Waals surface area contributed by atoms with Crippen LogP contribution in [0.5, 0.6) is 11.5 Å². The average Bonchev–Trinajstić information content (AvgIpc) is 2.99. The van der Waals surface area contributed by atoms with Gasteiger partial charge in [0.2, 0.25) is 0 Å². The van der Waals surface area contributed by atoms with Gasteiger partial charge in [0.05, 0.1) is 45.8 Å². The molecule has 0 N–H and O–H groups in total. The molecule has 0 spiro atoms. The molecule has 4 aromatic carbocycles. The molecule has 0 bridgehead atoms. The quantitative estimate of drug-likeness (QED) is 0.0929. The maximum absolute atomic E-state index is 12.1. The predicted molar refractivity (Wildman–Crippen MR) is 161 cm³/mol. The van der Waals surface area contributed by atoms with Gasteiger partial charge < -0.3 is 18.6 Å². The van der Waals surface area contributed by atoms with Gasteiger partial charge in [0, 0.05) is 0 Å². The van der Waals surface area contributed by atoms with E-state index in [-0.39, 0.29) is 81.6 Å². The summed E-state index contributed by atoms with van der Waals surface area (Å²) in [5.74, 6) is 1.30. The molecule has 0 aromatic heterocycles. The molecular weight excluding hydrogens is 654 g/mol. The molecule has 46 heavy (non-hydrogen) atoms. The van der Waals surface area contributed by atoms with Gasteiger partial charge in [-0.05, 0) is 97.8 Å². The fourth-order valence-electron chi connectivity index (χ4n) is 3.84. The standard InChI is InChI=1S/C30H28N4O8S2.2Na/c1-3-41-27-15-11-23(12-16-27)31-33-25-9-7-21(29(19-25)43(35,36)37)5-6-22-8-10-26(20-30(22)44(38,39)40)34-32-24-13-17-28(18-14-24)42-4-2;;/h5-20H,3-4H2,1-2H3,(H,35,36,37)(H,38,39,40);;/q;2*+1/p-2/b6-5-,33-31?,34-32?;;. The molecule has 0 atom stereocenters. The second-order valence-electron chi connectivity index (χ2n) is 8.94. The van der Waals surface area contributed by atoms with Crippen LogP contribution in [0.3, 0.4) is 0 Å². The Balaban J connectivity index is 0.00000368. The minimum atomic E-state index is -4.98. The maximum atomic E-state index is 12.1. The first-order valence-corrected chi connectivity index (χ1v) is 15.9. The van der Waals surface area contributed by atoms with Crippen molar-refractivity contribution >= 4 is 55.1 Å². The molecule has 12 nitrogen and oxygen atoms in total. The summed E-state index contributed by atoms with van der Waals surface area (Å²) in [6.07, 6.45) is 2.42. The van der Waals surface area contributed by atoms with Gasteiger partial charge in [0.15, 0.2) is 0 Å². The van der Waals surface area contributed by atoms with Gasteiger partial charge in [-0.3, -0.25) is 0 Å². The third-order valence-electron chi connectivity index (χ3n) is 5.83. The van der Waals surface area contributed by atoms with Crippen molar-refractivity contribution < 1.29 is 94.5 Å². The van der Waals surface area contributed by atoms with E-state index in [2.05, 4.69) is 20.5 Å². The monoisotopic (exact) mass is 680 g/mol. The van der Waals surface area contributed by atoms with E-state index in [0.717, 1.165) is 12.1 Å². The van der Waals surface area contributed by atoms with Crippen LogP contribution in [0.4, 0.5) is 22.7 Å². The smallest absolute Gasteiger partial charge is 0.744 e. The maximum Gasteiger partial charge on any atom is 1.00 e. The summed E-state index contributed by atoms with van der Waals surface area (Å²) >= 11 is 0. The first-order valence-electron chi connectivity index (χ1n) is 13.1. The number of rotatable bonds is 12. The molecule has 4 rings (SSSR count). The van der Waals surface area contributed by atoms with Crippen LogP contribution < -0.4 is 68.6 Å². The Bertz CT molecular complexity index is 1790. The van der Waals surface area contributed by atoms with Crippen LogP contribution in [0.25, 0.3) is 12.2 Å². The number of nitrogens with zero attached hydrogens (tertiary/aromatic N) is 4. The molecule has 0 aliphatic heterocycles. The van der Waals surface area contributed by atoms with E-state index in [1.54, 1.807) is 48.5 Å². The van der Waals surface area contributed by atoms with Crippen molar-refractivity contribution in [3.05, 3.63) is 96.1 Å². The number of azo groups is 2. The normalized spacial score (nSPS) is 11.8.